The van der Waals surface area contributed by atoms with E-state index >= 15 is 0 Å². The number of nitrogen functional groups attached to an aromatic ring is 1. The summed E-state index contributed by atoms with van der Waals surface area (Å²) in [6.07, 6.45) is 5.45. The second-order valence-corrected chi connectivity index (χ2v) is 3.98. The van der Waals surface area contributed by atoms with Crippen molar-refractivity contribution in [2.75, 3.05) is 23.7 Å². The van der Waals surface area contributed by atoms with Crippen molar-refractivity contribution in [3.05, 3.63) is 17.3 Å². The van der Waals surface area contributed by atoms with Crippen LogP contribution in [0.4, 0.5) is 11.5 Å². The van der Waals surface area contributed by atoms with Gasteiger partial charge in [0.1, 0.15) is 0 Å². The summed E-state index contributed by atoms with van der Waals surface area (Å²) < 4.78 is 0. The summed E-state index contributed by atoms with van der Waals surface area (Å²) in [5, 5.41) is 0.598. The average Bonchev–Trinajstić information content (AvgIpc) is 2.23. The zero-order valence-corrected chi connectivity index (χ0v) is 8.80. The fourth-order valence-electron chi connectivity index (χ4n) is 1.80. The highest BCUT2D eigenvalue weighted by Crippen LogP contribution is 2.29. The number of halogens is 1. The van der Waals surface area contributed by atoms with E-state index in [0.29, 0.717) is 10.7 Å². The van der Waals surface area contributed by atoms with Gasteiger partial charge in [-0.25, -0.2) is 4.98 Å². The molecule has 14 heavy (non-hydrogen) atoms. The van der Waals surface area contributed by atoms with Crippen molar-refractivity contribution in [2.45, 2.75) is 19.3 Å². The molecular weight excluding hydrogens is 198 g/mol. The number of nitrogens with zero attached hydrogens (tertiary/aromatic N) is 2. The van der Waals surface area contributed by atoms with Gasteiger partial charge >= 0.3 is 0 Å². The molecule has 0 aromatic carbocycles. The summed E-state index contributed by atoms with van der Waals surface area (Å²) in [6.45, 7) is 2.08. The number of hydrogen-bond acceptors (Lipinski definition) is 3. The molecule has 3 nitrogen and oxygen atoms in total. The lowest BCUT2D eigenvalue weighted by atomic mass is 10.1. The molecule has 1 saturated heterocycles. The lowest BCUT2D eigenvalue weighted by molar-refractivity contribution is 0.574. The van der Waals surface area contributed by atoms with Crippen LogP contribution in [-0.4, -0.2) is 18.1 Å². The van der Waals surface area contributed by atoms with Crippen molar-refractivity contribution >= 4 is 23.1 Å². The molecule has 0 spiro atoms. The standard InChI is InChI=1S/C10H14ClN3/c11-8-4-5-13-10(9(8)12)14-6-2-1-3-7-14/h4-5H,1-3,6-7,12H2. The van der Waals surface area contributed by atoms with Crippen molar-refractivity contribution in [1.29, 1.82) is 0 Å². The van der Waals surface area contributed by atoms with Gasteiger partial charge in [-0.2, -0.15) is 0 Å². The van der Waals surface area contributed by atoms with Crippen LogP contribution >= 0.6 is 11.6 Å². The summed E-state index contributed by atoms with van der Waals surface area (Å²) in [7, 11) is 0. The smallest absolute Gasteiger partial charge is 0.153 e. The summed E-state index contributed by atoms with van der Waals surface area (Å²) in [4.78, 5) is 6.49. The van der Waals surface area contributed by atoms with Gasteiger partial charge in [0.05, 0.1) is 10.7 Å². The van der Waals surface area contributed by atoms with Gasteiger partial charge in [0.15, 0.2) is 5.82 Å². The van der Waals surface area contributed by atoms with E-state index in [0.717, 1.165) is 18.9 Å². The number of piperidine rings is 1. The first-order chi connectivity index (χ1) is 6.79. The molecular formula is C10H14ClN3. The molecule has 0 radical (unpaired) electrons. The molecule has 76 valence electrons. The van der Waals surface area contributed by atoms with Gasteiger partial charge < -0.3 is 10.6 Å². The number of rotatable bonds is 1. The van der Waals surface area contributed by atoms with Crippen LogP contribution in [0.25, 0.3) is 0 Å². The van der Waals surface area contributed by atoms with Gasteiger partial charge in [-0.3, -0.25) is 0 Å². The zero-order valence-electron chi connectivity index (χ0n) is 8.04. The second kappa shape index (κ2) is 4.05. The topological polar surface area (TPSA) is 42.1 Å². The third kappa shape index (κ3) is 1.77. The lowest BCUT2D eigenvalue weighted by Crippen LogP contribution is -2.30. The summed E-state index contributed by atoms with van der Waals surface area (Å²) in [5.41, 5.74) is 6.48. The molecule has 0 amide bonds. The molecule has 1 aliphatic rings. The molecule has 2 heterocycles. The molecule has 4 heteroatoms. The van der Waals surface area contributed by atoms with Crippen LogP contribution in [0.5, 0.6) is 0 Å². The molecule has 0 atom stereocenters. The third-order valence-electron chi connectivity index (χ3n) is 2.57. The molecule has 2 rings (SSSR count). The van der Waals surface area contributed by atoms with E-state index in [4.69, 9.17) is 17.3 Å². The minimum atomic E-state index is 0.598. The third-order valence-corrected chi connectivity index (χ3v) is 2.90. The van der Waals surface area contributed by atoms with Crippen LogP contribution in [0.3, 0.4) is 0 Å². The van der Waals surface area contributed by atoms with E-state index in [-0.39, 0.29) is 0 Å². The minimum absolute atomic E-state index is 0.598. The van der Waals surface area contributed by atoms with E-state index in [1.54, 1.807) is 12.3 Å². The Morgan fingerprint density at radius 3 is 2.71 bits per heavy atom. The first-order valence-electron chi connectivity index (χ1n) is 4.94. The van der Waals surface area contributed by atoms with Crippen LogP contribution in [0.15, 0.2) is 12.3 Å². The summed E-state index contributed by atoms with van der Waals surface area (Å²) in [5.74, 6) is 0.845. The highest BCUT2D eigenvalue weighted by Gasteiger charge is 2.15. The van der Waals surface area contributed by atoms with Gasteiger partial charge in [0.25, 0.3) is 0 Å². The molecule has 1 aromatic heterocycles. The quantitative estimate of drug-likeness (QED) is 0.775. The highest BCUT2D eigenvalue weighted by atomic mass is 35.5. The Morgan fingerprint density at radius 1 is 1.29 bits per heavy atom. The monoisotopic (exact) mass is 211 g/mol. The van der Waals surface area contributed by atoms with Gasteiger partial charge in [-0.05, 0) is 25.3 Å². The van der Waals surface area contributed by atoms with Gasteiger partial charge in [0, 0.05) is 19.3 Å². The maximum atomic E-state index is 5.94. The maximum absolute atomic E-state index is 5.94. The zero-order chi connectivity index (χ0) is 9.97. The van der Waals surface area contributed by atoms with Crippen LogP contribution in [-0.2, 0) is 0 Å². The van der Waals surface area contributed by atoms with Crippen LogP contribution in [0, 0.1) is 0 Å². The minimum Gasteiger partial charge on any atom is -0.395 e. The average molecular weight is 212 g/mol. The Balaban J connectivity index is 2.26. The number of nitrogens with two attached hydrogens (primary N) is 1. The molecule has 1 aromatic rings. The van der Waals surface area contributed by atoms with Crippen LogP contribution in [0.2, 0.25) is 5.02 Å². The predicted octanol–water partition coefficient (Wildman–Crippen LogP) is 2.31. The SMILES string of the molecule is Nc1c(Cl)ccnc1N1CCCCC1. The van der Waals surface area contributed by atoms with Crippen molar-refractivity contribution < 1.29 is 0 Å². The van der Waals surface area contributed by atoms with E-state index < -0.39 is 0 Å². The number of anilines is 2. The predicted molar refractivity (Wildman–Crippen MR) is 59.7 cm³/mol. The molecule has 2 N–H and O–H groups in total. The van der Waals surface area contributed by atoms with E-state index in [2.05, 4.69) is 9.88 Å². The normalized spacial score (nSPS) is 17.1. The van der Waals surface area contributed by atoms with Gasteiger partial charge in [-0.15, -0.1) is 0 Å². The Kier molecular flexibility index (Phi) is 2.77. The van der Waals surface area contributed by atoms with Crippen molar-refractivity contribution in [3.63, 3.8) is 0 Å². The van der Waals surface area contributed by atoms with E-state index in [1.807, 2.05) is 0 Å². The Hall–Kier alpha value is -0.960. The molecule has 1 fully saturated rings. The first-order valence-corrected chi connectivity index (χ1v) is 5.32. The number of hydrogen-bond donors (Lipinski definition) is 1. The lowest BCUT2D eigenvalue weighted by Gasteiger charge is -2.28. The summed E-state index contributed by atoms with van der Waals surface area (Å²) >= 11 is 5.94. The Bertz CT molecular complexity index is 321. The molecule has 0 bridgehead atoms. The second-order valence-electron chi connectivity index (χ2n) is 3.58. The molecule has 1 aliphatic heterocycles. The van der Waals surface area contributed by atoms with E-state index in [1.165, 1.54) is 19.3 Å². The van der Waals surface area contributed by atoms with Gasteiger partial charge in [0.2, 0.25) is 0 Å². The van der Waals surface area contributed by atoms with Crippen LogP contribution in [0.1, 0.15) is 19.3 Å². The van der Waals surface area contributed by atoms with Gasteiger partial charge in [-0.1, -0.05) is 11.6 Å². The Labute approximate surface area is 88.9 Å². The van der Waals surface area contributed by atoms with Crippen molar-refractivity contribution in [2.24, 2.45) is 0 Å². The van der Waals surface area contributed by atoms with Crippen molar-refractivity contribution in [1.82, 2.24) is 4.98 Å². The number of aromatic nitrogens is 1. The maximum Gasteiger partial charge on any atom is 0.153 e. The fourth-order valence-corrected chi connectivity index (χ4v) is 1.94. The Morgan fingerprint density at radius 2 is 2.00 bits per heavy atom. The first kappa shape index (κ1) is 9.59. The highest BCUT2D eigenvalue weighted by molar-refractivity contribution is 6.33. The summed E-state index contributed by atoms with van der Waals surface area (Å²) in [6, 6.07) is 1.73. The fraction of sp³-hybridized carbons (Fsp3) is 0.500. The van der Waals surface area contributed by atoms with E-state index in [9.17, 15) is 0 Å². The molecule has 0 aliphatic carbocycles. The molecule has 0 saturated carbocycles. The van der Waals surface area contributed by atoms with Crippen LogP contribution < -0.4 is 10.6 Å². The van der Waals surface area contributed by atoms with Crippen molar-refractivity contribution in [3.8, 4) is 0 Å². The number of pyridine rings is 1. The molecule has 0 unspecified atom stereocenters. The largest absolute Gasteiger partial charge is 0.395 e.